The second kappa shape index (κ2) is 9.03. The first-order valence-corrected chi connectivity index (χ1v) is 8.91. The van der Waals surface area contributed by atoms with Crippen LogP contribution in [0.1, 0.15) is 12.0 Å². The Kier molecular flexibility index (Phi) is 7.05. The van der Waals surface area contributed by atoms with Crippen LogP contribution in [0.5, 0.6) is 11.5 Å². The van der Waals surface area contributed by atoms with Gasteiger partial charge in [-0.3, -0.25) is 4.99 Å². The fraction of sp³-hybridized carbons (Fsp3) is 0.588. The number of nitrogens with zero attached hydrogens (tertiary/aromatic N) is 3. The molecule has 0 spiro atoms. The molecule has 0 atom stereocenters. The zero-order valence-corrected chi connectivity index (χ0v) is 15.4. The summed E-state index contributed by atoms with van der Waals surface area (Å²) in [6.45, 7) is 3.64. The van der Waals surface area contributed by atoms with E-state index >= 15 is 0 Å². The van der Waals surface area contributed by atoms with Gasteiger partial charge in [0.25, 0.3) is 0 Å². The Bertz CT molecular complexity index is 535. The molecule has 128 valence electrons. The van der Waals surface area contributed by atoms with Crippen molar-refractivity contribution in [3.63, 3.8) is 0 Å². The summed E-state index contributed by atoms with van der Waals surface area (Å²) in [5.41, 5.74) is 1.12. The summed E-state index contributed by atoms with van der Waals surface area (Å²) in [6, 6.07) is 6.04. The van der Waals surface area contributed by atoms with E-state index in [1.165, 1.54) is 0 Å². The third-order valence-corrected chi connectivity index (χ3v) is 4.85. The molecule has 0 fully saturated rings. The maximum atomic E-state index is 5.57. The zero-order chi connectivity index (χ0) is 16.7. The minimum Gasteiger partial charge on any atom is -0.493 e. The van der Waals surface area contributed by atoms with Crippen LogP contribution in [-0.2, 0) is 6.54 Å². The van der Waals surface area contributed by atoms with Crippen molar-refractivity contribution < 1.29 is 9.47 Å². The third-order valence-electron chi connectivity index (χ3n) is 3.71. The second-order valence-corrected chi connectivity index (χ2v) is 6.81. The van der Waals surface area contributed by atoms with Crippen molar-refractivity contribution >= 4 is 16.9 Å². The van der Waals surface area contributed by atoms with Gasteiger partial charge in [0.2, 0.25) is 0 Å². The Morgan fingerprint density at radius 1 is 1.17 bits per heavy atom. The molecule has 0 saturated carbocycles. The van der Waals surface area contributed by atoms with Gasteiger partial charge >= 0.3 is 0 Å². The van der Waals surface area contributed by atoms with Crippen molar-refractivity contribution in [1.82, 2.24) is 9.80 Å². The molecule has 0 aliphatic carbocycles. The zero-order valence-electron chi connectivity index (χ0n) is 14.5. The topological polar surface area (TPSA) is 37.3 Å². The molecule has 2 rings (SSSR count). The molecule has 1 aromatic carbocycles. The number of thioether (sulfide) groups is 1. The Labute approximate surface area is 143 Å². The summed E-state index contributed by atoms with van der Waals surface area (Å²) in [5.74, 6) is 2.73. The summed E-state index contributed by atoms with van der Waals surface area (Å²) in [4.78, 5) is 9.26. The fourth-order valence-corrected chi connectivity index (χ4v) is 3.46. The smallest absolute Gasteiger partial charge is 0.165 e. The van der Waals surface area contributed by atoms with Crippen LogP contribution in [0.3, 0.4) is 0 Å². The van der Waals surface area contributed by atoms with Crippen molar-refractivity contribution in [3.8, 4) is 11.5 Å². The van der Waals surface area contributed by atoms with Gasteiger partial charge < -0.3 is 19.3 Å². The van der Waals surface area contributed by atoms with Gasteiger partial charge in [-0.15, -0.1) is 0 Å². The maximum absolute atomic E-state index is 5.57. The fourth-order valence-electron chi connectivity index (χ4n) is 2.49. The molecule has 5 nitrogen and oxygen atoms in total. The van der Waals surface area contributed by atoms with E-state index in [1.807, 2.05) is 23.9 Å². The molecule has 6 heteroatoms. The van der Waals surface area contributed by atoms with Crippen molar-refractivity contribution in [2.45, 2.75) is 13.0 Å². The number of ether oxygens (including phenoxy) is 2. The number of rotatable bonds is 7. The van der Waals surface area contributed by atoms with Gasteiger partial charge in [0.05, 0.1) is 14.2 Å². The van der Waals surface area contributed by atoms with Crippen LogP contribution in [0.4, 0.5) is 0 Å². The lowest BCUT2D eigenvalue weighted by Gasteiger charge is -2.29. The van der Waals surface area contributed by atoms with Crippen LogP contribution in [0, 0.1) is 0 Å². The van der Waals surface area contributed by atoms with E-state index in [1.54, 1.807) is 14.2 Å². The van der Waals surface area contributed by atoms with Gasteiger partial charge in [-0.25, -0.2) is 0 Å². The molecule has 0 bridgehead atoms. The molecule has 23 heavy (non-hydrogen) atoms. The average molecular weight is 337 g/mol. The number of hydrogen-bond donors (Lipinski definition) is 0. The molecular weight excluding hydrogens is 310 g/mol. The first kappa shape index (κ1) is 17.9. The number of aliphatic imine (C=N–C) groups is 1. The molecule has 1 aromatic rings. The van der Waals surface area contributed by atoms with Crippen LogP contribution in [0.15, 0.2) is 23.2 Å². The molecule has 0 unspecified atom stereocenters. The van der Waals surface area contributed by atoms with Crippen LogP contribution in [0.2, 0.25) is 0 Å². The van der Waals surface area contributed by atoms with Gasteiger partial charge in [-0.05, 0) is 26.6 Å². The van der Waals surface area contributed by atoms with Gasteiger partial charge in [0.15, 0.2) is 16.7 Å². The van der Waals surface area contributed by atoms with E-state index in [4.69, 9.17) is 14.5 Å². The molecule has 1 aliphatic rings. The Morgan fingerprint density at radius 2 is 2.00 bits per heavy atom. The number of likely N-dealkylation sites (N-methyl/N-ethyl adjacent to an activating group) is 1. The normalized spacial score (nSPS) is 14.6. The van der Waals surface area contributed by atoms with E-state index in [0.717, 1.165) is 60.6 Å². The lowest BCUT2D eigenvalue weighted by atomic mass is 10.1. The van der Waals surface area contributed by atoms with E-state index in [-0.39, 0.29) is 0 Å². The first-order chi connectivity index (χ1) is 11.2. The number of hydrogen-bond acceptors (Lipinski definition) is 6. The van der Waals surface area contributed by atoms with E-state index in [9.17, 15) is 0 Å². The predicted octanol–water partition coefficient (Wildman–Crippen LogP) is 2.56. The summed E-state index contributed by atoms with van der Waals surface area (Å²) in [5, 5.41) is 1.14. The number of methoxy groups -OCH3 is 2. The van der Waals surface area contributed by atoms with Gasteiger partial charge in [-0.1, -0.05) is 23.9 Å². The molecule has 0 saturated heterocycles. The van der Waals surface area contributed by atoms with Crippen molar-refractivity contribution in [2.75, 3.05) is 53.7 Å². The van der Waals surface area contributed by atoms with Crippen LogP contribution in [0.25, 0.3) is 0 Å². The highest BCUT2D eigenvalue weighted by Crippen LogP contribution is 2.32. The Hall–Kier alpha value is -1.40. The SMILES string of the molecule is COc1cccc(CN(CCN(C)C)C2=NCCCS2)c1OC. The van der Waals surface area contributed by atoms with Gasteiger partial charge in [0.1, 0.15) is 0 Å². The summed E-state index contributed by atoms with van der Waals surface area (Å²) in [6.07, 6.45) is 1.16. The van der Waals surface area contributed by atoms with Gasteiger partial charge in [-0.2, -0.15) is 0 Å². The maximum Gasteiger partial charge on any atom is 0.165 e. The van der Waals surface area contributed by atoms with Gasteiger partial charge in [0, 0.05) is 37.5 Å². The van der Waals surface area contributed by atoms with Crippen molar-refractivity contribution in [3.05, 3.63) is 23.8 Å². The highest BCUT2D eigenvalue weighted by molar-refractivity contribution is 8.13. The standard InChI is InChI=1S/C17H27N3O2S/c1-19(2)10-11-20(17-18-9-6-12-23-17)13-14-7-5-8-15(21-3)16(14)22-4/h5,7-8H,6,9-13H2,1-4H3. The number of para-hydroxylation sites is 1. The minimum absolute atomic E-state index is 0.774. The monoisotopic (exact) mass is 337 g/mol. The minimum atomic E-state index is 0.774. The lowest BCUT2D eigenvalue weighted by Crippen LogP contribution is -2.36. The molecular formula is C17H27N3O2S. The van der Waals surface area contributed by atoms with E-state index < -0.39 is 0 Å². The second-order valence-electron chi connectivity index (χ2n) is 5.74. The average Bonchev–Trinajstić information content (AvgIpc) is 2.58. The molecule has 0 radical (unpaired) electrons. The van der Waals surface area contributed by atoms with E-state index in [0.29, 0.717) is 0 Å². The van der Waals surface area contributed by atoms with Crippen LogP contribution < -0.4 is 9.47 Å². The number of benzene rings is 1. The molecule has 1 aliphatic heterocycles. The predicted molar refractivity (Wildman–Crippen MR) is 97.9 cm³/mol. The largest absolute Gasteiger partial charge is 0.493 e. The highest BCUT2D eigenvalue weighted by Gasteiger charge is 2.18. The number of amidine groups is 1. The summed E-state index contributed by atoms with van der Waals surface area (Å²) >= 11 is 1.85. The summed E-state index contributed by atoms with van der Waals surface area (Å²) in [7, 11) is 7.56. The van der Waals surface area contributed by atoms with Crippen molar-refractivity contribution in [2.24, 2.45) is 4.99 Å². The van der Waals surface area contributed by atoms with Crippen LogP contribution in [-0.4, -0.2) is 68.7 Å². The molecule has 0 aromatic heterocycles. The Balaban J connectivity index is 2.21. The Morgan fingerprint density at radius 3 is 2.61 bits per heavy atom. The first-order valence-electron chi connectivity index (χ1n) is 7.92. The lowest BCUT2D eigenvalue weighted by molar-refractivity contribution is 0.317. The molecule has 0 amide bonds. The quantitative estimate of drug-likeness (QED) is 0.764. The van der Waals surface area contributed by atoms with Crippen LogP contribution >= 0.6 is 11.8 Å². The summed E-state index contributed by atoms with van der Waals surface area (Å²) < 4.78 is 11.0. The van der Waals surface area contributed by atoms with E-state index in [2.05, 4.69) is 30.0 Å². The highest BCUT2D eigenvalue weighted by atomic mass is 32.2. The van der Waals surface area contributed by atoms with Crippen molar-refractivity contribution in [1.29, 1.82) is 0 Å². The molecule has 1 heterocycles. The molecule has 0 N–H and O–H groups in total. The third kappa shape index (κ3) is 5.04.